The van der Waals surface area contributed by atoms with Crippen molar-refractivity contribution in [3.05, 3.63) is 70.8 Å². The fraction of sp³-hybridized carbons (Fsp3) is 0.320. The predicted octanol–water partition coefficient (Wildman–Crippen LogP) is 3.10. The van der Waals surface area contributed by atoms with Crippen LogP contribution in [0.1, 0.15) is 18.0 Å². The van der Waals surface area contributed by atoms with Crippen molar-refractivity contribution >= 4 is 16.9 Å². The summed E-state index contributed by atoms with van der Waals surface area (Å²) in [7, 11) is 1.69. The van der Waals surface area contributed by atoms with Gasteiger partial charge in [0.15, 0.2) is 0 Å². The summed E-state index contributed by atoms with van der Waals surface area (Å²) in [6, 6.07) is 14.1. The molecule has 0 radical (unpaired) electrons. The van der Waals surface area contributed by atoms with Gasteiger partial charge in [0.2, 0.25) is 5.95 Å². The molecule has 0 aliphatic carbocycles. The Morgan fingerprint density at radius 3 is 2.58 bits per heavy atom. The molecule has 0 spiro atoms. The lowest BCUT2D eigenvalue weighted by molar-refractivity contribution is 0.122. The first-order chi connectivity index (χ1) is 16.2. The van der Waals surface area contributed by atoms with Gasteiger partial charge in [0, 0.05) is 43.2 Å². The number of hydrogen-bond donors (Lipinski definition) is 0. The molecular weight excluding hydrogens is 418 g/mol. The lowest BCUT2D eigenvalue weighted by Crippen LogP contribution is -2.37. The van der Waals surface area contributed by atoms with E-state index in [9.17, 15) is 4.79 Å². The SMILES string of the molecule is COc1ccccc1C1CCn2c(=O)c3ccc(-c4cnc(N5CCOCC5)nc4)cc3n21. The van der Waals surface area contributed by atoms with Gasteiger partial charge in [0.25, 0.3) is 5.56 Å². The van der Waals surface area contributed by atoms with Gasteiger partial charge in [0.1, 0.15) is 5.75 Å². The molecule has 2 aromatic carbocycles. The van der Waals surface area contributed by atoms with Crippen LogP contribution < -0.4 is 15.2 Å². The minimum absolute atomic E-state index is 0.0431. The van der Waals surface area contributed by atoms with Crippen LogP contribution in [0.3, 0.4) is 0 Å². The molecule has 1 unspecified atom stereocenters. The first kappa shape index (κ1) is 20.0. The summed E-state index contributed by atoms with van der Waals surface area (Å²) < 4.78 is 15.0. The Morgan fingerprint density at radius 1 is 1.00 bits per heavy atom. The number of nitrogens with zero attached hydrogens (tertiary/aromatic N) is 5. The second-order valence-electron chi connectivity index (χ2n) is 8.42. The Balaban J connectivity index is 1.41. The van der Waals surface area contributed by atoms with Crippen molar-refractivity contribution in [1.29, 1.82) is 0 Å². The van der Waals surface area contributed by atoms with E-state index < -0.39 is 0 Å². The monoisotopic (exact) mass is 443 g/mol. The molecule has 2 aliphatic rings. The zero-order valence-corrected chi connectivity index (χ0v) is 18.5. The van der Waals surface area contributed by atoms with E-state index in [0.717, 1.165) is 58.8 Å². The van der Waals surface area contributed by atoms with E-state index in [4.69, 9.17) is 9.47 Å². The maximum absolute atomic E-state index is 13.1. The van der Waals surface area contributed by atoms with Gasteiger partial charge in [-0.1, -0.05) is 24.3 Å². The van der Waals surface area contributed by atoms with Crippen LogP contribution in [0.4, 0.5) is 5.95 Å². The van der Waals surface area contributed by atoms with Gasteiger partial charge in [-0.05, 0) is 30.2 Å². The number of para-hydroxylation sites is 1. The quantitative estimate of drug-likeness (QED) is 0.483. The Kier molecular flexibility index (Phi) is 4.87. The normalized spacial score (nSPS) is 18.0. The summed E-state index contributed by atoms with van der Waals surface area (Å²) in [6.45, 7) is 3.68. The molecule has 0 saturated carbocycles. The van der Waals surface area contributed by atoms with Crippen molar-refractivity contribution in [2.45, 2.75) is 19.0 Å². The van der Waals surface area contributed by atoms with Gasteiger partial charge in [-0.2, -0.15) is 0 Å². The smallest absolute Gasteiger partial charge is 0.274 e. The number of fused-ring (bicyclic) bond motifs is 3. The van der Waals surface area contributed by atoms with Crippen LogP contribution in [0.15, 0.2) is 59.7 Å². The molecule has 0 bridgehead atoms. The van der Waals surface area contributed by atoms with E-state index in [-0.39, 0.29) is 11.6 Å². The molecule has 1 fully saturated rings. The number of aromatic nitrogens is 4. The summed E-state index contributed by atoms with van der Waals surface area (Å²) in [5, 5.41) is 0.726. The zero-order chi connectivity index (χ0) is 22.4. The predicted molar refractivity (Wildman–Crippen MR) is 126 cm³/mol. The number of methoxy groups -OCH3 is 1. The molecule has 4 heterocycles. The van der Waals surface area contributed by atoms with Gasteiger partial charge in [-0.3, -0.25) is 9.48 Å². The molecule has 2 aliphatic heterocycles. The molecule has 8 nitrogen and oxygen atoms in total. The maximum Gasteiger partial charge on any atom is 0.274 e. The van der Waals surface area contributed by atoms with Gasteiger partial charge in [-0.25, -0.2) is 14.6 Å². The van der Waals surface area contributed by atoms with Gasteiger partial charge in [-0.15, -0.1) is 0 Å². The van der Waals surface area contributed by atoms with Crippen molar-refractivity contribution in [3.8, 4) is 16.9 Å². The van der Waals surface area contributed by atoms with Crippen LogP contribution in [0.2, 0.25) is 0 Å². The Bertz CT molecular complexity index is 1370. The van der Waals surface area contributed by atoms with Crippen LogP contribution in [-0.2, 0) is 11.3 Å². The van der Waals surface area contributed by atoms with Gasteiger partial charge < -0.3 is 14.4 Å². The maximum atomic E-state index is 13.1. The molecule has 8 heteroatoms. The van der Waals surface area contributed by atoms with Gasteiger partial charge in [0.05, 0.1) is 37.3 Å². The average Bonchev–Trinajstić information content (AvgIpc) is 3.44. The third-order valence-corrected chi connectivity index (χ3v) is 6.64. The number of ether oxygens (including phenoxy) is 2. The Hall–Kier alpha value is -3.65. The summed E-state index contributed by atoms with van der Waals surface area (Å²) in [4.78, 5) is 24.4. The van der Waals surface area contributed by atoms with Crippen LogP contribution in [0.5, 0.6) is 5.75 Å². The van der Waals surface area contributed by atoms with E-state index in [2.05, 4.69) is 31.7 Å². The summed E-state index contributed by atoms with van der Waals surface area (Å²) in [5.41, 5.74) is 3.97. The Morgan fingerprint density at radius 2 is 1.79 bits per heavy atom. The van der Waals surface area contributed by atoms with Crippen LogP contribution in [0.25, 0.3) is 22.0 Å². The molecule has 6 rings (SSSR count). The largest absolute Gasteiger partial charge is 0.496 e. The van der Waals surface area contributed by atoms with Crippen molar-refractivity contribution in [2.75, 3.05) is 38.3 Å². The third kappa shape index (κ3) is 3.29. The second kappa shape index (κ2) is 8.04. The fourth-order valence-corrected chi connectivity index (χ4v) is 4.99. The first-order valence-electron chi connectivity index (χ1n) is 11.3. The van der Waals surface area contributed by atoms with E-state index in [1.54, 1.807) is 7.11 Å². The van der Waals surface area contributed by atoms with Gasteiger partial charge >= 0.3 is 0 Å². The highest BCUT2D eigenvalue weighted by Gasteiger charge is 2.29. The minimum atomic E-state index is 0.0431. The highest BCUT2D eigenvalue weighted by atomic mass is 16.5. The number of benzene rings is 2. The molecule has 168 valence electrons. The van der Waals surface area contributed by atoms with Crippen molar-refractivity contribution in [2.24, 2.45) is 0 Å². The summed E-state index contributed by atoms with van der Waals surface area (Å²) >= 11 is 0. The lowest BCUT2D eigenvalue weighted by atomic mass is 10.0. The number of hydrogen-bond acceptors (Lipinski definition) is 6. The molecule has 1 saturated heterocycles. The molecule has 4 aromatic rings. The van der Waals surface area contributed by atoms with Crippen molar-refractivity contribution in [1.82, 2.24) is 19.3 Å². The second-order valence-corrected chi connectivity index (χ2v) is 8.42. The first-order valence-corrected chi connectivity index (χ1v) is 11.3. The molecule has 0 N–H and O–H groups in total. The number of rotatable bonds is 4. The van der Waals surface area contributed by atoms with Crippen molar-refractivity contribution < 1.29 is 9.47 Å². The number of anilines is 1. The van der Waals surface area contributed by atoms with Crippen molar-refractivity contribution in [3.63, 3.8) is 0 Å². The van der Waals surface area contributed by atoms with Crippen LogP contribution >= 0.6 is 0 Å². The average molecular weight is 444 g/mol. The van der Waals surface area contributed by atoms with Crippen LogP contribution in [0, 0.1) is 0 Å². The minimum Gasteiger partial charge on any atom is -0.496 e. The topological polar surface area (TPSA) is 74.4 Å². The highest BCUT2D eigenvalue weighted by molar-refractivity contribution is 5.84. The molecule has 0 amide bonds. The standard InChI is InChI=1S/C25H25N5O3/c1-32-23-5-3-2-4-19(23)21-8-9-29-24(31)20-7-6-17(14-22(20)30(21)29)18-15-26-25(27-16-18)28-10-12-33-13-11-28/h2-7,14-16,21H,8-13H2,1H3. The number of morpholine rings is 1. The third-order valence-electron chi connectivity index (χ3n) is 6.64. The van der Waals surface area contributed by atoms with Crippen LogP contribution in [-0.4, -0.2) is 52.7 Å². The highest BCUT2D eigenvalue weighted by Crippen LogP contribution is 2.36. The summed E-state index contributed by atoms with van der Waals surface area (Å²) in [5.74, 6) is 1.56. The Labute approximate surface area is 191 Å². The summed E-state index contributed by atoms with van der Waals surface area (Å²) in [6.07, 6.45) is 4.57. The van der Waals surface area contributed by atoms with E-state index in [0.29, 0.717) is 19.8 Å². The van der Waals surface area contributed by atoms with E-state index in [1.165, 1.54) is 0 Å². The molecule has 33 heavy (non-hydrogen) atoms. The molecule has 2 aromatic heterocycles. The lowest BCUT2D eigenvalue weighted by Gasteiger charge is -2.26. The van der Waals surface area contributed by atoms with E-state index in [1.807, 2.05) is 47.4 Å². The molecular formula is C25H25N5O3. The fourth-order valence-electron chi connectivity index (χ4n) is 4.99. The zero-order valence-electron chi connectivity index (χ0n) is 18.5. The molecule has 1 atom stereocenters. The van der Waals surface area contributed by atoms with E-state index >= 15 is 0 Å².